The number of piperidine rings is 1. The van der Waals surface area contributed by atoms with Crippen molar-refractivity contribution >= 4 is 17.9 Å². The molecule has 1 heterocycles. The maximum absolute atomic E-state index is 12.5. The van der Waals surface area contributed by atoms with Crippen molar-refractivity contribution in [1.82, 2.24) is 15.5 Å². The zero-order chi connectivity index (χ0) is 19.8. The minimum absolute atomic E-state index is 0.0359. The molecule has 3 N–H and O–H groups in total. The molecule has 1 aromatic rings. The van der Waals surface area contributed by atoms with Gasteiger partial charge in [0.25, 0.3) is 0 Å². The first kappa shape index (κ1) is 20.7. The zero-order valence-electron chi connectivity index (χ0n) is 16.0. The quantitative estimate of drug-likeness (QED) is 0.679. The molecule has 0 aliphatic carbocycles. The molecule has 0 spiro atoms. The fraction of sp³-hybridized carbons (Fsp3) is 0.550. The highest BCUT2D eigenvalue weighted by Crippen LogP contribution is 2.18. The largest absolute Gasteiger partial charge is 0.481 e. The highest BCUT2D eigenvalue weighted by Gasteiger charge is 2.29. The first-order valence-electron chi connectivity index (χ1n) is 9.46. The Labute approximate surface area is 160 Å². The third-order valence-corrected chi connectivity index (χ3v) is 4.72. The van der Waals surface area contributed by atoms with Crippen molar-refractivity contribution in [2.24, 2.45) is 11.8 Å². The van der Waals surface area contributed by atoms with Gasteiger partial charge in [0.05, 0.1) is 11.8 Å². The van der Waals surface area contributed by atoms with E-state index in [1.807, 2.05) is 19.9 Å². The second-order valence-corrected chi connectivity index (χ2v) is 7.41. The number of hydrogen-bond donors (Lipinski definition) is 3. The van der Waals surface area contributed by atoms with Gasteiger partial charge in [0.15, 0.2) is 0 Å². The Morgan fingerprint density at radius 2 is 1.85 bits per heavy atom. The summed E-state index contributed by atoms with van der Waals surface area (Å²) in [6.07, 6.45) is 1.46. The number of aliphatic carboxylic acids is 1. The highest BCUT2D eigenvalue weighted by molar-refractivity contribution is 5.82. The standard InChI is InChI=1S/C20H29N3O4/c1-14(2)11-22-20(27)23-10-6-9-16(13-23)18(24)21-12-17(19(25)26)15-7-4-3-5-8-15/h3-5,7-8,14,16-17H,6,9-13H2,1-2H3,(H,21,24)(H,22,27)(H,25,26). The van der Waals surface area contributed by atoms with E-state index in [0.29, 0.717) is 37.5 Å². The molecule has 7 nitrogen and oxygen atoms in total. The van der Waals surface area contributed by atoms with E-state index in [4.69, 9.17) is 0 Å². The number of hydrogen-bond acceptors (Lipinski definition) is 3. The predicted octanol–water partition coefficient (Wildman–Crippen LogP) is 2.05. The molecule has 3 amide bonds. The van der Waals surface area contributed by atoms with Gasteiger partial charge in [0.1, 0.15) is 0 Å². The summed E-state index contributed by atoms with van der Waals surface area (Å²) >= 11 is 0. The van der Waals surface area contributed by atoms with Gasteiger partial charge in [-0.1, -0.05) is 44.2 Å². The third kappa shape index (κ3) is 6.27. The Morgan fingerprint density at radius 3 is 2.48 bits per heavy atom. The summed E-state index contributed by atoms with van der Waals surface area (Å²) in [5, 5.41) is 15.1. The van der Waals surface area contributed by atoms with Crippen LogP contribution in [-0.4, -0.2) is 54.1 Å². The van der Waals surface area contributed by atoms with E-state index in [1.165, 1.54) is 0 Å². The first-order valence-corrected chi connectivity index (χ1v) is 9.46. The Bertz CT molecular complexity index is 648. The van der Waals surface area contributed by atoms with Crippen LogP contribution in [0.2, 0.25) is 0 Å². The van der Waals surface area contributed by atoms with Crippen molar-refractivity contribution < 1.29 is 19.5 Å². The van der Waals surface area contributed by atoms with Crippen LogP contribution < -0.4 is 10.6 Å². The molecule has 0 saturated carbocycles. The molecule has 2 atom stereocenters. The van der Waals surface area contributed by atoms with Crippen LogP contribution >= 0.6 is 0 Å². The fourth-order valence-electron chi connectivity index (χ4n) is 3.16. The number of likely N-dealkylation sites (tertiary alicyclic amines) is 1. The number of urea groups is 1. The average Bonchev–Trinajstić information content (AvgIpc) is 2.66. The second-order valence-electron chi connectivity index (χ2n) is 7.41. The van der Waals surface area contributed by atoms with Crippen LogP contribution in [0.15, 0.2) is 30.3 Å². The van der Waals surface area contributed by atoms with Crippen LogP contribution in [0, 0.1) is 11.8 Å². The molecule has 27 heavy (non-hydrogen) atoms. The number of nitrogens with zero attached hydrogens (tertiary/aromatic N) is 1. The van der Waals surface area contributed by atoms with Gasteiger partial charge in [-0.05, 0) is 24.3 Å². The molecule has 0 aromatic heterocycles. The van der Waals surface area contributed by atoms with Crippen molar-refractivity contribution in [3.8, 4) is 0 Å². The van der Waals surface area contributed by atoms with Gasteiger partial charge in [-0.15, -0.1) is 0 Å². The third-order valence-electron chi connectivity index (χ3n) is 4.72. The lowest BCUT2D eigenvalue weighted by Crippen LogP contribution is -2.49. The molecule has 148 valence electrons. The number of amides is 3. The van der Waals surface area contributed by atoms with Crippen molar-refractivity contribution in [2.75, 3.05) is 26.2 Å². The highest BCUT2D eigenvalue weighted by atomic mass is 16.4. The summed E-state index contributed by atoms with van der Waals surface area (Å²) < 4.78 is 0. The Hall–Kier alpha value is -2.57. The Morgan fingerprint density at radius 1 is 1.15 bits per heavy atom. The fourth-order valence-corrected chi connectivity index (χ4v) is 3.16. The van der Waals surface area contributed by atoms with Crippen molar-refractivity contribution in [2.45, 2.75) is 32.6 Å². The number of benzene rings is 1. The molecule has 7 heteroatoms. The normalized spacial score (nSPS) is 18.0. The smallest absolute Gasteiger partial charge is 0.317 e. The molecule has 0 radical (unpaired) electrons. The lowest BCUT2D eigenvalue weighted by molar-refractivity contribution is -0.138. The molecular weight excluding hydrogens is 346 g/mol. The number of carbonyl (C=O) groups excluding carboxylic acids is 2. The topological polar surface area (TPSA) is 98.7 Å². The van der Waals surface area contributed by atoms with E-state index < -0.39 is 11.9 Å². The van der Waals surface area contributed by atoms with Crippen LogP contribution in [0.25, 0.3) is 0 Å². The molecule has 0 bridgehead atoms. The van der Waals surface area contributed by atoms with Crippen LogP contribution in [0.5, 0.6) is 0 Å². The van der Waals surface area contributed by atoms with Gasteiger partial charge >= 0.3 is 12.0 Å². The Kier molecular flexibility index (Phi) is 7.64. The minimum Gasteiger partial charge on any atom is -0.481 e. The predicted molar refractivity (Wildman–Crippen MR) is 102 cm³/mol. The summed E-state index contributed by atoms with van der Waals surface area (Å²) in [6.45, 7) is 5.68. The maximum atomic E-state index is 12.5. The maximum Gasteiger partial charge on any atom is 0.317 e. The van der Waals surface area contributed by atoms with Gasteiger partial charge in [0, 0.05) is 26.2 Å². The molecular formula is C20H29N3O4. The first-order chi connectivity index (χ1) is 12.9. The summed E-state index contributed by atoms with van der Waals surface area (Å²) in [6, 6.07) is 8.72. The zero-order valence-corrected chi connectivity index (χ0v) is 16.0. The molecule has 2 rings (SSSR count). The van der Waals surface area contributed by atoms with Gasteiger partial charge in [-0.2, -0.15) is 0 Å². The number of nitrogens with one attached hydrogen (secondary N) is 2. The van der Waals surface area contributed by atoms with Gasteiger partial charge < -0.3 is 20.6 Å². The summed E-state index contributed by atoms with van der Waals surface area (Å²) in [7, 11) is 0. The van der Waals surface area contributed by atoms with E-state index in [1.54, 1.807) is 29.2 Å². The van der Waals surface area contributed by atoms with Crippen LogP contribution in [0.4, 0.5) is 4.79 Å². The van der Waals surface area contributed by atoms with Crippen LogP contribution in [-0.2, 0) is 9.59 Å². The molecule has 1 saturated heterocycles. The average molecular weight is 375 g/mol. The molecule has 1 aliphatic rings. The number of carboxylic acids is 1. The number of rotatable bonds is 7. The van der Waals surface area contributed by atoms with Crippen molar-refractivity contribution in [3.05, 3.63) is 35.9 Å². The van der Waals surface area contributed by atoms with Crippen LogP contribution in [0.3, 0.4) is 0 Å². The van der Waals surface area contributed by atoms with Crippen molar-refractivity contribution in [3.63, 3.8) is 0 Å². The minimum atomic E-state index is -0.972. The monoisotopic (exact) mass is 375 g/mol. The summed E-state index contributed by atoms with van der Waals surface area (Å²) in [4.78, 5) is 38.0. The van der Waals surface area contributed by atoms with Crippen molar-refractivity contribution in [1.29, 1.82) is 0 Å². The molecule has 2 unspecified atom stereocenters. The van der Waals surface area contributed by atoms with Gasteiger partial charge in [0.2, 0.25) is 5.91 Å². The SMILES string of the molecule is CC(C)CNC(=O)N1CCCC(C(=O)NCC(C(=O)O)c2ccccc2)C1. The number of carboxylic acid groups (broad SMARTS) is 1. The lowest BCUT2D eigenvalue weighted by Gasteiger charge is -2.32. The van der Waals surface area contributed by atoms with E-state index in [2.05, 4.69) is 10.6 Å². The van der Waals surface area contributed by atoms with E-state index in [-0.39, 0.29) is 24.4 Å². The van der Waals surface area contributed by atoms with E-state index >= 15 is 0 Å². The van der Waals surface area contributed by atoms with Gasteiger partial charge in [-0.25, -0.2) is 4.79 Å². The van der Waals surface area contributed by atoms with E-state index in [9.17, 15) is 19.5 Å². The van der Waals surface area contributed by atoms with Gasteiger partial charge in [-0.3, -0.25) is 9.59 Å². The molecule has 1 aliphatic heterocycles. The summed E-state index contributed by atoms with van der Waals surface area (Å²) in [5.41, 5.74) is 0.656. The second kappa shape index (κ2) is 9.94. The lowest BCUT2D eigenvalue weighted by atomic mass is 9.96. The van der Waals surface area contributed by atoms with Crippen LogP contribution in [0.1, 0.15) is 38.2 Å². The van der Waals surface area contributed by atoms with E-state index in [0.717, 1.165) is 6.42 Å². The summed E-state index contributed by atoms with van der Waals surface area (Å²) in [5.74, 6) is -1.90. The Balaban J connectivity index is 1.89. The molecule has 1 aromatic carbocycles. The molecule has 1 fully saturated rings. The number of carbonyl (C=O) groups is 3.